The average molecular weight is 479 g/mol. The number of halogens is 2. The molecule has 3 aromatic rings. The molecule has 160 valence electrons. The molecule has 0 amide bonds. The van der Waals surface area contributed by atoms with E-state index in [0.717, 1.165) is 6.07 Å². The van der Waals surface area contributed by atoms with E-state index in [1.54, 1.807) is 31.2 Å². The topological polar surface area (TPSA) is 114 Å². The molecule has 0 heterocycles. The minimum Gasteiger partial charge on any atom is -0.280 e. The highest BCUT2D eigenvalue weighted by atomic mass is 35.5. The van der Waals surface area contributed by atoms with Crippen molar-refractivity contribution in [1.29, 1.82) is 0 Å². The van der Waals surface area contributed by atoms with Crippen molar-refractivity contribution in [3.8, 4) is 0 Å². The van der Waals surface area contributed by atoms with Crippen LogP contribution >= 0.6 is 23.2 Å². The number of nitrogens with zero attached hydrogens (tertiary/aromatic N) is 2. The number of rotatable bonds is 7. The Kier molecular flexibility index (Phi) is 6.79. The first-order valence-corrected chi connectivity index (χ1v) is 11.0. The van der Waals surface area contributed by atoms with E-state index >= 15 is 0 Å². The van der Waals surface area contributed by atoms with E-state index in [2.05, 4.69) is 15.2 Å². The predicted molar refractivity (Wildman–Crippen MR) is 123 cm³/mol. The second kappa shape index (κ2) is 9.34. The van der Waals surface area contributed by atoms with E-state index in [4.69, 9.17) is 23.2 Å². The molecule has 3 aromatic carbocycles. The zero-order valence-electron chi connectivity index (χ0n) is 16.0. The lowest BCUT2D eigenvalue weighted by Crippen LogP contribution is -2.15. The highest BCUT2D eigenvalue weighted by molar-refractivity contribution is 7.92. The van der Waals surface area contributed by atoms with Crippen LogP contribution in [0.25, 0.3) is 0 Å². The maximum Gasteiger partial charge on any atom is 0.270 e. The summed E-state index contributed by atoms with van der Waals surface area (Å²) in [5, 5.41) is 16.3. The van der Waals surface area contributed by atoms with Crippen LogP contribution in [-0.4, -0.2) is 19.1 Å². The summed E-state index contributed by atoms with van der Waals surface area (Å²) >= 11 is 12.0. The summed E-state index contributed by atoms with van der Waals surface area (Å²) in [7, 11) is -4.19. The van der Waals surface area contributed by atoms with E-state index in [-0.39, 0.29) is 22.0 Å². The number of nitro groups is 1. The van der Waals surface area contributed by atoms with Gasteiger partial charge in [-0.3, -0.25) is 20.3 Å². The molecule has 0 spiro atoms. The lowest BCUT2D eigenvalue weighted by molar-refractivity contribution is -0.385. The molecule has 2 N–H and O–H groups in total. The van der Waals surface area contributed by atoms with Crippen LogP contribution in [0.15, 0.2) is 76.7 Å². The van der Waals surface area contributed by atoms with Crippen molar-refractivity contribution in [2.24, 2.45) is 5.10 Å². The highest BCUT2D eigenvalue weighted by Gasteiger charge is 2.23. The van der Waals surface area contributed by atoms with Gasteiger partial charge in [-0.15, -0.1) is 0 Å². The summed E-state index contributed by atoms with van der Waals surface area (Å²) in [6.07, 6.45) is 0. The van der Waals surface area contributed by atoms with Crippen molar-refractivity contribution in [3.63, 3.8) is 0 Å². The molecule has 0 fully saturated rings. The van der Waals surface area contributed by atoms with Crippen molar-refractivity contribution in [3.05, 3.63) is 92.5 Å². The number of hydrogen-bond acceptors (Lipinski definition) is 6. The van der Waals surface area contributed by atoms with Crippen molar-refractivity contribution in [1.82, 2.24) is 0 Å². The quantitative estimate of drug-likeness (QED) is 0.263. The van der Waals surface area contributed by atoms with Crippen molar-refractivity contribution < 1.29 is 13.3 Å². The largest absolute Gasteiger partial charge is 0.280 e. The molecule has 31 heavy (non-hydrogen) atoms. The van der Waals surface area contributed by atoms with Gasteiger partial charge < -0.3 is 0 Å². The standard InChI is InChI=1S/C20H16Cl2N4O4S/c1-13(17-4-2-3-5-18(17)22)23-24-19-11-10-16(26(27)28)12-20(19)31(29,30)25-15-8-6-14(21)7-9-15/h2-12,24-25H,1H3/b23-13-. The normalized spacial score (nSPS) is 11.8. The number of hydrogen-bond donors (Lipinski definition) is 2. The van der Waals surface area contributed by atoms with Crippen LogP contribution in [0.3, 0.4) is 0 Å². The summed E-state index contributed by atoms with van der Waals surface area (Å²) < 4.78 is 28.3. The monoisotopic (exact) mass is 478 g/mol. The fourth-order valence-electron chi connectivity index (χ4n) is 2.63. The lowest BCUT2D eigenvalue weighted by atomic mass is 10.1. The van der Waals surface area contributed by atoms with Gasteiger partial charge in [0.15, 0.2) is 0 Å². The number of hydrazone groups is 1. The smallest absolute Gasteiger partial charge is 0.270 e. The summed E-state index contributed by atoms with van der Waals surface area (Å²) in [6, 6.07) is 16.4. The molecule has 0 aliphatic rings. The minimum atomic E-state index is -4.19. The van der Waals surface area contributed by atoms with Gasteiger partial charge in [0.05, 0.1) is 16.3 Å². The first-order chi connectivity index (χ1) is 14.7. The maximum atomic E-state index is 13.0. The fraction of sp³-hybridized carbons (Fsp3) is 0.0500. The Morgan fingerprint density at radius 3 is 2.35 bits per heavy atom. The van der Waals surface area contributed by atoms with Gasteiger partial charge in [-0.1, -0.05) is 41.4 Å². The van der Waals surface area contributed by atoms with Crippen molar-refractivity contribution >= 4 is 56.0 Å². The summed E-state index contributed by atoms with van der Waals surface area (Å²) in [5.74, 6) is 0. The summed E-state index contributed by atoms with van der Waals surface area (Å²) in [4.78, 5) is 10.2. The minimum absolute atomic E-state index is 0.0541. The predicted octanol–water partition coefficient (Wildman–Crippen LogP) is 5.54. The molecule has 0 aliphatic heterocycles. The molecule has 3 rings (SSSR count). The van der Waals surface area contributed by atoms with Gasteiger partial charge in [0.1, 0.15) is 4.90 Å². The fourth-order valence-corrected chi connectivity index (χ4v) is 4.26. The number of anilines is 2. The lowest BCUT2D eigenvalue weighted by Gasteiger charge is -2.13. The van der Waals surface area contributed by atoms with Crippen LogP contribution in [-0.2, 0) is 10.0 Å². The van der Waals surface area contributed by atoms with Crippen LogP contribution in [0.5, 0.6) is 0 Å². The molecule has 0 atom stereocenters. The first-order valence-electron chi connectivity index (χ1n) is 8.79. The number of benzene rings is 3. The molecule has 0 saturated carbocycles. The van der Waals surface area contributed by atoms with Crippen LogP contribution in [0.1, 0.15) is 12.5 Å². The third-order valence-electron chi connectivity index (χ3n) is 4.17. The number of non-ortho nitro benzene ring substituents is 1. The third-order valence-corrected chi connectivity index (χ3v) is 6.17. The average Bonchev–Trinajstić information content (AvgIpc) is 2.73. The van der Waals surface area contributed by atoms with E-state index in [9.17, 15) is 18.5 Å². The zero-order valence-corrected chi connectivity index (χ0v) is 18.4. The second-order valence-electron chi connectivity index (χ2n) is 6.34. The van der Waals surface area contributed by atoms with Gasteiger partial charge in [-0.25, -0.2) is 8.42 Å². The molecule has 11 heteroatoms. The number of nitrogens with one attached hydrogen (secondary N) is 2. The van der Waals surface area contributed by atoms with Gasteiger partial charge in [0.2, 0.25) is 0 Å². The molecule has 0 bridgehead atoms. The molecule has 0 aliphatic carbocycles. The van der Waals surface area contributed by atoms with Crippen LogP contribution < -0.4 is 10.1 Å². The van der Waals surface area contributed by atoms with Crippen LogP contribution in [0.4, 0.5) is 17.1 Å². The second-order valence-corrected chi connectivity index (χ2v) is 8.83. The Bertz CT molecular complexity index is 1260. The van der Waals surface area contributed by atoms with E-state index in [0.29, 0.717) is 21.3 Å². The van der Waals surface area contributed by atoms with Crippen molar-refractivity contribution in [2.45, 2.75) is 11.8 Å². The number of sulfonamides is 1. The van der Waals surface area contributed by atoms with Crippen LogP contribution in [0.2, 0.25) is 10.0 Å². The third kappa shape index (κ3) is 5.52. The van der Waals surface area contributed by atoms with E-state index in [1.165, 1.54) is 36.4 Å². The highest BCUT2D eigenvalue weighted by Crippen LogP contribution is 2.29. The zero-order chi connectivity index (χ0) is 22.6. The Morgan fingerprint density at radius 1 is 1.03 bits per heavy atom. The molecule has 8 nitrogen and oxygen atoms in total. The van der Waals surface area contributed by atoms with E-state index in [1.807, 2.05) is 0 Å². The molecule has 0 radical (unpaired) electrons. The van der Waals surface area contributed by atoms with Gasteiger partial charge in [0.25, 0.3) is 15.7 Å². The Labute approximate surface area is 188 Å². The van der Waals surface area contributed by atoms with Gasteiger partial charge in [-0.05, 0) is 43.3 Å². The SMILES string of the molecule is C/C(=N/Nc1ccc([N+](=O)[O-])cc1S(=O)(=O)Nc1ccc(Cl)cc1)c1ccccc1Cl. The molecule has 0 saturated heterocycles. The molecular weight excluding hydrogens is 463 g/mol. The number of nitro benzene ring substituents is 1. The summed E-state index contributed by atoms with van der Waals surface area (Å²) in [5.41, 5.74) is 3.75. The van der Waals surface area contributed by atoms with Gasteiger partial charge in [0, 0.05) is 33.4 Å². The van der Waals surface area contributed by atoms with Crippen molar-refractivity contribution in [2.75, 3.05) is 10.1 Å². The Hall–Kier alpha value is -3.14. The Balaban J connectivity index is 1.99. The van der Waals surface area contributed by atoms with Crippen LogP contribution in [0, 0.1) is 10.1 Å². The van der Waals surface area contributed by atoms with Gasteiger partial charge in [-0.2, -0.15) is 5.10 Å². The maximum absolute atomic E-state index is 13.0. The molecule has 0 aromatic heterocycles. The van der Waals surface area contributed by atoms with Gasteiger partial charge >= 0.3 is 0 Å². The molecular formula is C20H16Cl2N4O4S. The summed E-state index contributed by atoms with van der Waals surface area (Å²) in [6.45, 7) is 1.69. The van der Waals surface area contributed by atoms with E-state index < -0.39 is 14.9 Å². The molecule has 0 unspecified atom stereocenters. The Morgan fingerprint density at radius 2 is 1.71 bits per heavy atom. The first kappa shape index (κ1) is 22.5.